The van der Waals surface area contributed by atoms with Gasteiger partial charge in [-0.05, 0) is 12.8 Å². The van der Waals surface area contributed by atoms with E-state index in [2.05, 4.69) is 0 Å². The van der Waals surface area contributed by atoms with Crippen molar-refractivity contribution in [2.75, 3.05) is 0 Å². The van der Waals surface area contributed by atoms with E-state index in [9.17, 15) is 9.59 Å². The second kappa shape index (κ2) is 9.01. The minimum atomic E-state index is -1.38. The van der Waals surface area contributed by atoms with Crippen LogP contribution in [-0.2, 0) is 30.7 Å². The van der Waals surface area contributed by atoms with Gasteiger partial charge in [0.2, 0.25) is 5.78 Å². The third-order valence-electron chi connectivity index (χ3n) is 2.18. The van der Waals surface area contributed by atoms with Crippen molar-refractivity contribution >= 4 is 11.8 Å². The molecule has 1 rings (SSSR count). The Bertz CT molecular complexity index is 190. The fourth-order valence-corrected chi connectivity index (χ4v) is 1.19. The molecule has 0 aromatic carbocycles. The summed E-state index contributed by atoms with van der Waals surface area (Å²) in [5.74, 6) is -2.20. The summed E-state index contributed by atoms with van der Waals surface area (Å²) in [5.41, 5.74) is 11.3. The fourth-order valence-electron chi connectivity index (χ4n) is 1.19. The van der Waals surface area contributed by atoms with Crippen molar-refractivity contribution in [3.63, 3.8) is 0 Å². The summed E-state index contributed by atoms with van der Waals surface area (Å²) in [5, 5.41) is 7.64. The Balaban J connectivity index is 0. The Hall–Kier alpha value is -0.252. The van der Waals surface area contributed by atoms with Crippen LogP contribution >= 0.6 is 0 Å². The van der Waals surface area contributed by atoms with E-state index in [1.807, 2.05) is 0 Å². The molecule has 0 spiro atoms. The number of nitrogens with two attached hydrogens (primary N) is 2. The Morgan fingerprint density at radius 2 is 1.40 bits per heavy atom. The third-order valence-corrected chi connectivity index (χ3v) is 2.18. The van der Waals surface area contributed by atoms with Gasteiger partial charge in [0.05, 0.1) is 0 Å². The van der Waals surface area contributed by atoms with Crippen molar-refractivity contribution in [1.82, 2.24) is 0 Å². The van der Waals surface area contributed by atoms with Crippen LogP contribution in [-0.4, -0.2) is 28.9 Å². The number of aliphatic carboxylic acids is 1. The largest absolute Gasteiger partial charge is 2.00 e. The van der Waals surface area contributed by atoms with Gasteiger partial charge in [-0.15, -0.1) is 0 Å². The molecule has 2 unspecified atom stereocenters. The second-order valence-electron chi connectivity index (χ2n) is 3.47. The Kier molecular flexibility index (Phi) is 10.3. The minimum Gasteiger partial charge on any atom is -0.476 e. The van der Waals surface area contributed by atoms with Gasteiger partial charge in [0, 0.05) is 19.0 Å². The fraction of sp³-hybridized carbons (Fsp3) is 0.778. The van der Waals surface area contributed by atoms with Crippen molar-refractivity contribution < 1.29 is 35.8 Å². The van der Waals surface area contributed by atoms with Gasteiger partial charge in [-0.25, -0.2) is 4.79 Å². The molecule has 0 saturated heterocycles. The van der Waals surface area contributed by atoms with E-state index in [4.69, 9.17) is 16.6 Å². The molecule has 0 aromatic rings. The molecular formula is C9H18N2O3Pt+2. The first-order valence-corrected chi connectivity index (χ1v) is 4.70. The van der Waals surface area contributed by atoms with E-state index < -0.39 is 11.8 Å². The number of hydrogen-bond donors (Lipinski definition) is 3. The molecule has 15 heavy (non-hydrogen) atoms. The van der Waals surface area contributed by atoms with Crippen LogP contribution in [0.3, 0.4) is 0 Å². The van der Waals surface area contributed by atoms with Crippen LogP contribution < -0.4 is 11.5 Å². The molecule has 0 radical (unpaired) electrons. The first-order chi connectivity index (χ1) is 6.45. The summed E-state index contributed by atoms with van der Waals surface area (Å²) in [4.78, 5) is 18.9. The number of Topliss-reactive ketones (excluding diaryl/α,β-unsaturated/α-hetero) is 1. The first kappa shape index (κ1) is 17.2. The number of rotatable bonds is 1. The molecule has 90 valence electrons. The maximum Gasteiger partial charge on any atom is 2.00 e. The zero-order valence-corrected chi connectivity index (χ0v) is 11.0. The summed E-state index contributed by atoms with van der Waals surface area (Å²) >= 11 is 0. The number of carboxylic acid groups (broad SMARTS) is 1. The third kappa shape index (κ3) is 8.72. The van der Waals surface area contributed by atoms with Gasteiger partial charge in [0.25, 0.3) is 0 Å². The molecule has 1 fully saturated rings. The van der Waals surface area contributed by atoms with Crippen molar-refractivity contribution in [1.29, 1.82) is 0 Å². The van der Waals surface area contributed by atoms with Crippen LogP contribution in [0.25, 0.3) is 0 Å². The Morgan fingerprint density at radius 1 is 1.13 bits per heavy atom. The van der Waals surface area contributed by atoms with Crippen LogP contribution in [0.2, 0.25) is 0 Å². The van der Waals surface area contributed by atoms with E-state index in [-0.39, 0.29) is 33.1 Å². The van der Waals surface area contributed by atoms with Crippen LogP contribution in [0.15, 0.2) is 0 Å². The molecule has 0 heterocycles. The van der Waals surface area contributed by atoms with Gasteiger partial charge in [-0.3, -0.25) is 4.79 Å². The molecular weight excluding hydrogens is 379 g/mol. The summed E-state index contributed by atoms with van der Waals surface area (Å²) in [6, 6.07) is 0.562. The maximum atomic E-state index is 9.54. The smallest absolute Gasteiger partial charge is 0.476 e. The first-order valence-electron chi connectivity index (χ1n) is 4.70. The van der Waals surface area contributed by atoms with Crippen LogP contribution in [0, 0.1) is 0 Å². The molecule has 2 atom stereocenters. The number of carbonyl (C=O) groups is 2. The minimum absolute atomic E-state index is 0. The molecule has 0 aromatic heterocycles. The van der Waals surface area contributed by atoms with E-state index in [1.165, 1.54) is 12.8 Å². The van der Waals surface area contributed by atoms with Gasteiger partial charge >= 0.3 is 27.0 Å². The summed E-state index contributed by atoms with van der Waals surface area (Å²) in [7, 11) is 0. The normalized spacial score (nSPS) is 24.2. The Labute approximate surface area is 104 Å². The average Bonchev–Trinajstić information content (AvgIpc) is 2.11. The molecule has 0 bridgehead atoms. The summed E-state index contributed by atoms with van der Waals surface area (Å²) < 4.78 is 0. The predicted octanol–water partition coefficient (Wildman–Crippen LogP) is -0.127. The van der Waals surface area contributed by atoms with Crippen molar-refractivity contribution in [2.45, 2.75) is 44.7 Å². The van der Waals surface area contributed by atoms with Gasteiger partial charge in [-0.1, -0.05) is 12.8 Å². The van der Waals surface area contributed by atoms with Crippen molar-refractivity contribution in [2.24, 2.45) is 11.5 Å². The van der Waals surface area contributed by atoms with Crippen LogP contribution in [0.5, 0.6) is 0 Å². The second-order valence-corrected chi connectivity index (χ2v) is 3.47. The maximum absolute atomic E-state index is 9.54. The summed E-state index contributed by atoms with van der Waals surface area (Å²) in [6.45, 7) is 1.00. The number of carboxylic acids is 1. The van der Waals surface area contributed by atoms with E-state index in [0.29, 0.717) is 0 Å². The SMILES string of the molecule is CC(=O)C(=O)O.NC1CCCCC1N.[Pt+2]. The molecule has 5 nitrogen and oxygen atoms in total. The van der Waals surface area contributed by atoms with Gasteiger partial charge in [0.15, 0.2) is 0 Å². The number of carbonyl (C=O) groups excluding carboxylic acids is 1. The van der Waals surface area contributed by atoms with Crippen molar-refractivity contribution in [3.05, 3.63) is 0 Å². The van der Waals surface area contributed by atoms with E-state index >= 15 is 0 Å². The molecule has 5 N–H and O–H groups in total. The number of ketones is 1. The molecule has 1 aliphatic rings. The van der Waals surface area contributed by atoms with Crippen LogP contribution in [0.4, 0.5) is 0 Å². The Morgan fingerprint density at radius 3 is 1.53 bits per heavy atom. The predicted molar refractivity (Wildman–Crippen MR) is 52.7 cm³/mol. The standard InChI is InChI=1S/C6H14N2.C3H4O3.Pt/c7-5-3-1-2-4-6(5)8;1-2(4)3(5)6;/h5-6H,1-4,7-8H2;1H3,(H,5,6);/q;;+2. The molecule has 0 aliphatic heterocycles. The van der Waals surface area contributed by atoms with Crippen molar-refractivity contribution in [3.8, 4) is 0 Å². The zero-order valence-electron chi connectivity index (χ0n) is 8.72. The number of hydrogen-bond acceptors (Lipinski definition) is 4. The molecule has 0 amide bonds. The average molecular weight is 397 g/mol. The molecule has 1 saturated carbocycles. The van der Waals surface area contributed by atoms with Gasteiger partial charge in [0.1, 0.15) is 0 Å². The quantitative estimate of drug-likeness (QED) is 0.535. The van der Waals surface area contributed by atoms with E-state index in [1.54, 1.807) is 0 Å². The topological polar surface area (TPSA) is 106 Å². The van der Waals surface area contributed by atoms with Gasteiger partial charge < -0.3 is 16.6 Å². The van der Waals surface area contributed by atoms with E-state index in [0.717, 1.165) is 19.8 Å². The molecule has 1 aliphatic carbocycles. The molecule has 6 heteroatoms. The summed E-state index contributed by atoms with van der Waals surface area (Å²) in [6.07, 6.45) is 4.80. The monoisotopic (exact) mass is 397 g/mol. The van der Waals surface area contributed by atoms with Crippen LogP contribution in [0.1, 0.15) is 32.6 Å². The van der Waals surface area contributed by atoms with Gasteiger partial charge in [-0.2, -0.15) is 0 Å². The zero-order chi connectivity index (χ0) is 11.1.